The third kappa shape index (κ3) is 2.60. The Morgan fingerprint density at radius 3 is 3.06 bits per heavy atom. The van der Waals surface area contributed by atoms with Crippen molar-refractivity contribution in [3.63, 3.8) is 0 Å². The summed E-state index contributed by atoms with van der Waals surface area (Å²) in [5.41, 5.74) is 1.14. The van der Waals surface area contributed by atoms with Crippen molar-refractivity contribution in [3.8, 4) is 0 Å². The molecular formula is C14H17BrN2S. The second-order valence-corrected chi connectivity index (χ2v) is 7.38. The molecular weight excluding hydrogens is 308 g/mol. The Kier molecular flexibility index (Phi) is 3.68. The van der Waals surface area contributed by atoms with E-state index in [1.165, 1.54) is 22.7 Å². The van der Waals surface area contributed by atoms with Crippen LogP contribution in [-0.4, -0.2) is 27.8 Å². The van der Waals surface area contributed by atoms with Gasteiger partial charge in [-0.25, -0.2) is 4.98 Å². The van der Waals surface area contributed by atoms with Gasteiger partial charge in [0.1, 0.15) is 5.01 Å². The summed E-state index contributed by atoms with van der Waals surface area (Å²) < 4.78 is 1.30. The largest absolute Gasteiger partial charge is 0.296 e. The fourth-order valence-electron chi connectivity index (χ4n) is 2.41. The molecule has 4 heteroatoms. The van der Waals surface area contributed by atoms with Crippen LogP contribution in [0, 0.1) is 5.92 Å². The van der Waals surface area contributed by atoms with Crippen LogP contribution in [0.25, 0.3) is 10.2 Å². The van der Waals surface area contributed by atoms with Crippen LogP contribution < -0.4 is 0 Å². The average Bonchev–Trinajstić information content (AvgIpc) is 2.76. The first-order valence-electron chi connectivity index (χ1n) is 6.43. The topological polar surface area (TPSA) is 16.1 Å². The van der Waals surface area contributed by atoms with Crippen LogP contribution in [-0.2, 0) is 6.54 Å². The summed E-state index contributed by atoms with van der Waals surface area (Å²) in [6.07, 6.45) is 1.28. The molecule has 0 aliphatic carbocycles. The summed E-state index contributed by atoms with van der Waals surface area (Å²) in [6, 6.07) is 8.40. The second kappa shape index (κ2) is 5.27. The maximum atomic E-state index is 4.71. The van der Waals surface area contributed by atoms with E-state index in [-0.39, 0.29) is 0 Å². The van der Waals surface area contributed by atoms with Crippen LogP contribution in [0.15, 0.2) is 24.3 Å². The molecule has 2 nitrogen and oxygen atoms in total. The van der Waals surface area contributed by atoms with Crippen molar-refractivity contribution < 1.29 is 0 Å². The van der Waals surface area contributed by atoms with Gasteiger partial charge in [-0.05, 0) is 31.0 Å². The molecule has 1 aromatic carbocycles. The Morgan fingerprint density at radius 1 is 1.44 bits per heavy atom. The number of benzene rings is 1. The highest BCUT2D eigenvalue weighted by Crippen LogP contribution is 2.27. The van der Waals surface area contributed by atoms with Gasteiger partial charge < -0.3 is 0 Å². The molecule has 1 aromatic heterocycles. The zero-order valence-electron chi connectivity index (χ0n) is 10.5. The highest BCUT2D eigenvalue weighted by molar-refractivity contribution is 9.09. The lowest BCUT2D eigenvalue weighted by molar-refractivity contribution is 0.194. The molecule has 1 aliphatic heterocycles. The second-order valence-electron chi connectivity index (χ2n) is 5.09. The zero-order valence-corrected chi connectivity index (χ0v) is 12.9. The van der Waals surface area contributed by atoms with Crippen molar-refractivity contribution in [3.05, 3.63) is 29.3 Å². The van der Waals surface area contributed by atoms with E-state index in [0.29, 0.717) is 4.83 Å². The van der Waals surface area contributed by atoms with Gasteiger partial charge in [0.15, 0.2) is 0 Å². The molecule has 0 bridgehead atoms. The fourth-order valence-corrected chi connectivity index (χ4v) is 4.09. The van der Waals surface area contributed by atoms with Gasteiger partial charge in [0.2, 0.25) is 0 Å². The van der Waals surface area contributed by atoms with Crippen molar-refractivity contribution in [1.82, 2.24) is 9.88 Å². The molecule has 2 heterocycles. The van der Waals surface area contributed by atoms with Gasteiger partial charge in [-0.15, -0.1) is 11.3 Å². The lowest BCUT2D eigenvalue weighted by atomic mass is 9.99. The van der Waals surface area contributed by atoms with Gasteiger partial charge in [0.05, 0.1) is 16.8 Å². The van der Waals surface area contributed by atoms with Gasteiger partial charge in [0, 0.05) is 11.4 Å². The molecule has 0 N–H and O–H groups in total. The fraction of sp³-hybridized carbons (Fsp3) is 0.500. The van der Waals surface area contributed by atoms with Crippen molar-refractivity contribution in [1.29, 1.82) is 0 Å². The van der Waals surface area contributed by atoms with Crippen molar-refractivity contribution in [2.75, 3.05) is 13.1 Å². The van der Waals surface area contributed by atoms with E-state index in [1.807, 2.05) is 11.3 Å². The molecule has 0 radical (unpaired) electrons. The van der Waals surface area contributed by atoms with Gasteiger partial charge in [0.25, 0.3) is 0 Å². The molecule has 0 saturated carbocycles. The van der Waals surface area contributed by atoms with Crippen LogP contribution in [0.5, 0.6) is 0 Å². The Bertz CT molecular complexity index is 506. The minimum absolute atomic E-state index is 0.626. The summed E-state index contributed by atoms with van der Waals surface area (Å²) >= 11 is 5.61. The monoisotopic (exact) mass is 324 g/mol. The van der Waals surface area contributed by atoms with Crippen LogP contribution in [0.4, 0.5) is 0 Å². The normalized spacial score (nSPS) is 25.7. The minimum Gasteiger partial charge on any atom is -0.296 e. The molecule has 18 heavy (non-hydrogen) atoms. The van der Waals surface area contributed by atoms with E-state index in [4.69, 9.17) is 4.98 Å². The zero-order chi connectivity index (χ0) is 12.5. The maximum Gasteiger partial charge on any atom is 0.108 e. The molecule has 1 fully saturated rings. The Hall–Kier alpha value is -0.450. The van der Waals surface area contributed by atoms with E-state index in [1.54, 1.807) is 0 Å². The quantitative estimate of drug-likeness (QED) is 0.779. The number of hydrogen-bond donors (Lipinski definition) is 0. The SMILES string of the molecule is CC1CCN(Cc2nc3ccccc3s2)CC1Br. The predicted octanol–water partition coefficient (Wildman–Crippen LogP) is 3.90. The number of para-hydroxylation sites is 1. The Labute approximate surface area is 120 Å². The summed E-state index contributed by atoms with van der Waals surface area (Å²) in [5.74, 6) is 0.789. The molecule has 1 saturated heterocycles. The maximum absolute atomic E-state index is 4.71. The van der Waals surface area contributed by atoms with Crippen molar-refractivity contribution in [2.24, 2.45) is 5.92 Å². The standard InChI is InChI=1S/C14H17BrN2S/c1-10-6-7-17(8-11(10)15)9-14-16-12-4-2-3-5-13(12)18-14/h2-5,10-11H,6-9H2,1H3. The van der Waals surface area contributed by atoms with Gasteiger partial charge in [-0.2, -0.15) is 0 Å². The molecule has 0 spiro atoms. The van der Waals surface area contributed by atoms with Gasteiger partial charge in [-0.1, -0.05) is 35.0 Å². The molecule has 3 rings (SSSR count). The average molecular weight is 325 g/mol. The van der Waals surface area contributed by atoms with Gasteiger partial charge >= 0.3 is 0 Å². The summed E-state index contributed by atoms with van der Waals surface area (Å²) in [4.78, 5) is 7.85. The summed E-state index contributed by atoms with van der Waals surface area (Å²) in [6.45, 7) is 5.65. The Morgan fingerprint density at radius 2 is 2.28 bits per heavy atom. The number of aromatic nitrogens is 1. The highest BCUT2D eigenvalue weighted by Gasteiger charge is 2.24. The number of likely N-dealkylation sites (tertiary alicyclic amines) is 1. The predicted molar refractivity (Wildman–Crippen MR) is 81.4 cm³/mol. The lowest BCUT2D eigenvalue weighted by Gasteiger charge is -2.33. The number of nitrogens with zero attached hydrogens (tertiary/aromatic N) is 2. The molecule has 0 amide bonds. The molecule has 2 atom stereocenters. The van der Waals surface area contributed by atoms with Crippen LogP contribution in [0.2, 0.25) is 0 Å². The first-order chi connectivity index (χ1) is 8.72. The number of fused-ring (bicyclic) bond motifs is 1. The molecule has 1 aliphatic rings. The van der Waals surface area contributed by atoms with Gasteiger partial charge in [-0.3, -0.25) is 4.90 Å². The number of thiazole rings is 1. The highest BCUT2D eigenvalue weighted by atomic mass is 79.9. The molecule has 2 aromatic rings. The molecule has 96 valence electrons. The minimum atomic E-state index is 0.626. The summed E-state index contributed by atoms with van der Waals surface area (Å²) in [5, 5.41) is 1.24. The van der Waals surface area contributed by atoms with Crippen LogP contribution in [0.1, 0.15) is 18.4 Å². The first kappa shape index (κ1) is 12.6. The number of rotatable bonds is 2. The third-order valence-electron chi connectivity index (χ3n) is 3.65. The van der Waals surface area contributed by atoms with Crippen molar-refractivity contribution >= 4 is 37.5 Å². The van der Waals surface area contributed by atoms with Crippen molar-refractivity contribution in [2.45, 2.75) is 24.7 Å². The smallest absolute Gasteiger partial charge is 0.108 e. The number of halogens is 1. The molecule has 2 unspecified atom stereocenters. The van der Waals surface area contributed by atoms with E-state index < -0.39 is 0 Å². The lowest BCUT2D eigenvalue weighted by Crippen LogP contribution is -2.39. The summed E-state index contributed by atoms with van der Waals surface area (Å²) in [7, 11) is 0. The number of alkyl halides is 1. The van der Waals surface area contributed by atoms with E-state index >= 15 is 0 Å². The Balaban J connectivity index is 1.72. The van der Waals surface area contributed by atoms with Crippen LogP contribution in [0.3, 0.4) is 0 Å². The number of piperidine rings is 1. The van der Waals surface area contributed by atoms with Crippen LogP contribution >= 0.6 is 27.3 Å². The first-order valence-corrected chi connectivity index (χ1v) is 8.16. The van der Waals surface area contributed by atoms with E-state index in [9.17, 15) is 0 Å². The third-order valence-corrected chi connectivity index (χ3v) is 5.86. The van der Waals surface area contributed by atoms with E-state index in [0.717, 1.165) is 24.5 Å². The number of hydrogen-bond acceptors (Lipinski definition) is 3. The van der Waals surface area contributed by atoms with E-state index in [2.05, 4.69) is 52.0 Å².